The van der Waals surface area contributed by atoms with Gasteiger partial charge in [-0.25, -0.2) is 4.79 Å². The third kappa shape index (κ3) is 5.24. The number of nitrogens with zero attached hydrogens (tertiary/aromatic N) is 4. The largest absolute Gasteiger partial charge is 0.444 e. The van der Waals surface area contributed by atoms with Crippen molar-refractivity contribution in [3.63, 3.8) is 0 Å². The van der Waals surface area contributed by atoms with E-state index in [4.69, 9.17) is 4.74 Å². The standard InChI is InChI=1S/C29H38N6O5/c1-16(17-7-6-8-18(9-17)25(36)31-5)34-21-12-24(27(34)38)33(14-21)15-22(32-28(39)40-29(2,3)4)26(37)35-20(13-30)10-19-11-23(19)35/h6-9,16,19-24H,10-12,14-15H2,1-5H3,(H,31,36)(H,32,39)/t16-,19-,20+,21-,22+,23+,24-/m1/s1. The highest BCUT2D eigenvalue weighted by molar-refractivity contribution is 5.94. The number of carbonyl (C=O) groups is 4. The van der Waals surface area contributed by atoms with Crippen LogP contribution in [0.1, 0.15) is 68.9 Å². The number of nitriles is 1. The lowest BCUT2D eigenvalue weighted by Gasteiger charge is -2.39. The Kier molecular flexibility index (Phi) is 7.25. The van der Waals surface area contributed by atoms with Crippen molar-refractivity contribution in [2.75, 3.05) is 20.1 Å². The molecule has 1 aromatic rings. The van der Waals surface area contributed by atoms with Gasteiger partial charge in [0.25, 0.3) is 5.91 Å². The van der Waals surface area contributed by atoms with Gasteiger partial charge in [-0.2, -0.15) is 5.26 Å². The van der Waals surface area contributed by atoms with Crippen LogP contribution in [0.3, 0.4) is 0 Å². The van der Waals surface area contributed by atoms with Crippen LogP contribution in [0.25, 0.3) is 0 Å². The summed E-state index contributed by atoms with van der Waals surface area (Å²) >= 11 is 0. The van der Waals surface area contributed by atoms with Crippen LogP contribution in [0.4, 0.5) is 4.79 Å². The van der Waals surface area contributed by atoms with Gasteiger partial charge < -0.3 is 25.2 Å². The highest BCUT2D eigenvalue weighted by Crippen LogP contribution is 2.48. The van der Waals surface area contributed by atoms with Gasteiger partial charge in [0.05, 0.1) is 18.2 Å². The summed E-state index contributed by atoms with van der Waals surface area (Å²) in [7, 11) is 1.58. The maximum atomic E-state index is 13.7. The number of carbonyl (C=O) groups excluding carboxylic acids is 4. The summed E-state index contributed by atoms with van der Waals surface area (Å²) in [5, 5.41) is 15.0. The van der Waals surface area contributed by atoms with Gasteiger partial charge in [0.2, 0.25) is 11.8 Å². The van der Waals surface area contributed by atoms with Crippen molar-refractivity contribution >= 4 is 23.8 Å². The fourth-order valence-electron chi connectivity index (χ4n) is 6.58. The van der Waals surface area contributed by atoms with Crippen LogP contribution in [0.5, 0.6) is 0 Å². The molecule has 5 rings (SSSR count). The fraction of sp³-hybridized carbons (Fsp3) is 0.621. The number of nitrogens with one attached hydrogen (secondary N) is 2. The van der Waals surface area contributed by atoms with Crippen molar-refractivity contribution in [2.45, 2.75) is 88.8 Å². The lowest BCUT2D eigenvalue weighted by atomic mass is 10.0. The van der Waals surface area contributed by atoms with Crippen LogP contribution >= 0.6 is 0 Å². The lowest BCUT2D eigenvalue weighted by Crippen LogP contribution is -2.59. The summed E-state index contributed by atoms with van der Waals surface area (Å²) in [6.07, 6.45) is 1.46. The average molecular weight is 551 g/mol. The van der Waals surface area contributed by atoms with Gasteiger partial charge in [0.1, 0.15) is 17.7 Å². The minimum absolute atomic E-state index is 0.0316. The molecule has 7 atom stereocenters. The molecule has 3 aliphatic heterocycles. The Labute approximate surface area is 234 Å². The molecule has 40 heavy (non-hydrogen) atoms. The normalized spacial score (nSPS) is 28.5. The monoisotopic (exact) mass is 550 g/mol. The Balaban J connectivity index is 1.31. The average Bonchev–Trinajstić information content (AvgIpc) is 3.23. The zero-order valence-electron chi connectivity index (χ0n) is 23.7. The number of rotatable bonds is 7. The first-order valence-electron chi connectivity index (χ1n) is 14.0. The molecular weight excluding hydrogens is 512 g/mol. The molecule has 0 aromatic heterocycles. The van der Waals surface area contributed by atoms with Gasteiger partial charge in [-0.1, -0.05) is 12.1 Å². The van der Waals surface area contributed by atoms with E-state index in [-0.39, 0.29) is 42.4 Å². The Morgan fingerprint density at radius 3 is 2.60 bits per heavy atom. The van der Waals surface area contributed by atoms with E-state index >= 15 is 0 Å². The highest BCUT2D eigenvalue weighted by Gasteiger charge is 2.56. The quantitative estimate of drug-likeness (QED) is 0.529. The van der Waals surface area contributed by atoms with Gasteiger partial charge in [0.15, 0.2) is 0 Å². The van der Waals surface area contributed by atoms with Crippen molar-refractivity contribution < 1.29 is 23.9 Å². The maximum Gasteiger partial charge on any atom is 0.408 e. The highest BCUT2D eigenvalue weighted by atomic mass is 16.6. The zero-order valence-corrected chi connectivity index (χ0v) is 23.7. The van der Waals surface area contributed by atoms with Gasteiger partial charge in [-0.3, -0.25) is 19.3 Å². The predicted molar refractivity (Wildman–Crippen MR) is 145 cm³/mol. The molecule has 2 bridgehead atoms. The number of alkyl carbamates (subject to hydrolysis) is 1. The van der Waals surface area contributed by atoms with Crippen LogP contribution in [-0.2, 0) is 14.3 Å². The second kappa shape index (κ2) is 10.4. The summed E-state index contributed by atoms with van der Waals surface area (Å²) in [5.41, 5.74) is 0.676. The van der Waals surface area contributed by atoms with Crippen LogP contribution in [0.2, 0.25) is 0 Å². The van der Waals surface area contributed by atoms with Crippen molar-refractivity contribution in [2.24, 2.45) is 5.92 Å². The second-order valence-electron chi connectivity index (χ2n) is 12.4. The van der Waals surface area contributed by atoms with E-state index in [1.165, 1.54) is 0 Å². The van der Waals surface area contributed by atoms with Crippen LogP contribution in [0, 0.1) is 17.2 Å². The Hall–Kier alpha value is -3.65. The van der Waals surface area contributed by atoms with Crippen LogP contribution < -0.4 is 10.6 Å². The van der Waals surface area contributed by atoms with E-state index < -0.39 is 29.8 Å². The van der Waals surface area contributed by atoms with E-state index in [0.29, 0.717) is 30.9 Å². The molecule has 1 saturated carbocycles. The zero-order chi connectivity index (χ0) is 28.9. The van der Waals surface area contributed by atoms with Crippen LogP contribution in [0.15, 0.2) is 24.3 Å². The van der Waals surface area contributed by atoms with Crippen LogP contribution in [-0.4, -0.2) is 94.5 Å². The van der Waals surface area contributed by atoms with E-state index in [1.54, 1.807) is 38.8 Å². The van der Waals surface area contributed by atoms with E-state index in [2.05, 4.69) is 16.7 Å². The van der Waals surface area contributed by atoms with Crippen molar-refractivity contribution in [3.8, 4) is 6.07 Å². The summed E-state index contributed by atoms with van der Waals surface area (Å²) in [6, 6.07) is 7.44. The van der Waals surface area contributed by atoms with Gasteiger partial charge in [0, 0.05) is 37.8 Å². The van der Waals surface area contributed by atoms with Gasteiger partial charge in [-0.15, -0.1) is 0 Å². The van der Waals surface area contributed by atoms with Crippen molar-refractivity contribution in [1.82, 2.24) is 25.3 Å². The summed E-state index contributed by atoms with van der Waals surface area (Å²) in [5.74, 6) is -0.168. The van der Waals surface area contributed by atoms with Gasteiger partial charge in [-0.05, 0) is 70.6 Å². The van der Waals surface area contributed by atoms with Crippen molar-refractivity contribution in [3.05, 3.63) is 35.4 Å². The Morgan fingerprint density at radius 2 is 1.95 bits per heavy atom. The number of amides is 4. The molecule has 0 unspecified atom stereocenters. The van der Waals surface area contributed by atoms with Crippen molar-refractivity contribution in [1.29, 1.82) is 5.26 Å². The third-order valence-electron chi connectivity index (χ3n) is 8.50. The number of piperidine rings is 1. The summed E-state index contributed by atoms with van der Waals surface area (Å²) in [4.78, 5) is 57.7. The predicted octanol–water partition coefficient (Wildman–Crippen LogP) is 1.80. The topological polar surface area (TPSA) is 135 Å². The number of fused-ring (bicyclic) bond motifs is 3. The molecule has 1 aliphatic carbocycles. The fourth-order valence-corrected chi connectivity index (χ4v) is 6.58. The molecule has 3 heterocycles. The number of hydrogen-bond acceptors (Lipinski definition) is 7. The number of likely N-dealkylation sites (tertiary alicyclic amines) is 3. The molecule has 0 spiro atoms. The van der Waals surface area contributed by atoms with E-state index in [1.807, 2.05) is 34.9 Å². The first kappa shape index (κ1) is 27.9. The minimum Gasteiger partial charge on any atom is -0.444 e. The van der Waals surface area contributed by atoms with E-state index in [0.717, 1.165) is 12.0 Å². The molecule has 4 amide bonds. The summed E-state index contributed by atoms with van der Waals surface area (Å²) in [6.45, 7) is 7.94. The number of piperazine rings is 1. The number of benzene rings is 1. The number of hydrogen-bond donors (Lipinski definition) is 2. The SMILES string of the molecule is CNC(=O)c1cccc([C@@H](C)N2C(=O)[C@H]3C[C@@H]2CN3C[C@H](NC(=O)OC(C)(C)C)C(=O)N2[C@H](C#N)C[C@@H]3C[C@@H]32)c1. The first-order valence-corrected chi connectivity index (χ1v) is 14.0. The molecule has 1 aromatic carbocycles. The molecule has 4 fully saturated rings. The second-order valence-corrected chi connectivity index (χ2v) is 12.4. The molecule has 214 valence electrons. The Bertz CT molecular complexity index is 1250. The molecule has 3 saturated heterocycles. The first-order chi connectivity index (χ1) is 18.9. The maximum absolute atomic E-state index is 13.7. The Morgan fingerprint density at radius 1 is 1.20 bits per heavy atom. The lowest BCUT2D eigenvalue weighted by molar-refractivity contribution is -0.141. The minimum atomic E-state index is -0.938. The molecule has 4 aliphatic rings. The third-order valence-corrected chi connectivity index (χ3v) is 8.50. The molecule has 2 N–H and O–H groups in total. The smallest absolute Gasteiger partial charge is 0.408 e. The molecule has 0 radical (unpaired) electrons. The number of ether oxygens (including phenoxy) is 1. The molecule has 11 heteroatoms. The van der Waals surface area contributed by atoms with Gasteiger partial charge >= 0.3 is 6.09 Å². The molecular formula is C29H38N6O5. The molecule has 11 nitrogen and oxygen atoms in total. The summed E-state index contributed by atoms with van der Waals surface area (Å²) < 4.78 is 5.44. The van der Waals surface area contributed by atoms with E-state index in [9.17, 15) is 24.4 Å².